The highest BCUT2D eigenvalue weighted by Gasteiger charge is 2.26. The predicted octanol–water partition coefficient (Wildman–Crippen LogP) is 4.07. The van der Waals surface area contributed by atoms with Crippen molar-refractivity contribution in [2.24, 2.45) is 5.92 Å². The fraction of sp³-hybridized carbons (Fsp3) is 0.316. The maximum Gasteiger partial charge on any atom is 0.335 e. The second-order valence-electron chi connectivity index (χ2n) is 6.16. The number of phenols is 1. The van der Waals surface area contributed by atoms with Gasteiger partial charge in [0.2, 0.25) is 0 Å². The lowest BCUT2D eigenvalue weighted by molar-refractivity contribution is -0.128. The smallest absolute Gasteiger partial charge is 0.335 e. The van der Waals surface area contributed by atoms with Crippen molar-refractivity contribution in [2.75, 3.05) is 0 Å². The number of fused-ring (bicyclic) bond motifs is 2. The van der Waals surface area contributed by atoms with Gasteiger partial charge in [0.05, 0.1) is 0 Å². The molecule has 1 aliphatic carbocycles. The molecule has 2 aromatic rings. The number of benzene rings is 2. The van der Waals surface area contributed by atoms with E-state index in [2.05, 4.69) is 13.5 Å². The van der Waals surface area contributed by atoms with Crippen molar-refractivity contribution in [2.45, 2.75) is 33.1 Å². The Morgan fingerprint density at radius 1 is 1.36 bits per heavy atom. The normalized spacial score (nSPS) is 17.1. The summed E-state index contributed by atoms with van der Waals surface area (Å²) in [6.45, 7) is 7.63. The lowest BCUT2D eigenvalue weighted by Crippen LogP contribution is -2.15. The van der Waals surface area contributed by atoms with Crippen molar-refractivity contribution in [3.8, 4) is 11.5 Å². The largest absolute Gasteiger partial charge is 0.507 e. The van der Waals surface area contributed by atoms with Gasteiger partial charge in [-0.15, -0.1) is 0 Å². The number of carbonyl (C=O) groups is 1. The molecule has 0 aliphatic heterocycles. The first kappa shape index (κ1) is 14.6. The fourth-order valence-corrected chi connectivity index (χ4v) is 3.24. The molecular weight excluding hydrogens is 276 g/mol. The maximum absolute atomic E-state index is 11.7. The minimum absolute atomic E-state index is 0.332. The van der Waals surface area contributed by atoms with Crippen LogP contribution in [0.15, 0.2) is 30.9 Å². The van der Waals surface area contributed by atoms with E-state index in [1.54, 1.807) is 0 Å². The second-order valence-corrected chi connectivity index (χ2v) is 6.16. The van der Waals surface area contributed by atoms with E-state index in [0.717, 1.165) is 46.7 Å². The number of aryl methyl sites for hydroxylation is 1. The van der Waals surface area contributed by atoms with E-state index in [9.17, 15) is 9.90 Å². The Hall–Kier alpha value is -2.29. The molecule has 1 unspecified atom stereocenters. The zero-order valence-electron chi connectivity index (χ0n) is 13.0. The summed E-state index contributed by atoms with van der Waals surface area (Å²) in [6, 6.07) is 5.82. The molecule has 0 heterocycles. The highest BCUT2D eigenvalue weighted by molar-refractivity contribution is 5.98. The van der Waals surface area contributed by atoms with E-state index in [4.69, 9.17) is 4.74 Å². The lowest BCUT2D eigenvalue weighted by Gasteiger charge is -2.26. The summed E-state index contributed by atoms with van der Waals surface area (Å²) in [6.07, 6.45) is 3.83. The Morgan fingerprint density at radius 3 is 2.86 bits per heavy atom. The first-order valence-electron chi connectivity index (χ1n) is 7.62. The topological polar surface area (TPSA) is 46.5 Å². The number of hydrogen-bond donors (Lipinski definition) is 1. The summed E-state index contributed by atoms with van der Waals surface area (Å²) >= 11 is 0. The number of hydrogen-bond acceptors (Lipinski definition) is 3. The van der Waals surface area contributed by atoms with Crippen LogP contribution in [0, 0.1) is 12.8 Å². The third-order valence-corrected chi connectivity index (χ3v) is 4.41. The van der Waals surface area contributed by atoms with Crippen LogP contribution in [-0.4, -0.2) is 11.1 Å². The first-order valence-corrected chi connectivity index (χ1v) is 7.62. The molecular formula is C19H20O3. The van der Waals surface area contributed by atoms with Gasteiger partial charge in [0.15, 0.2) is 0 Å². The average Bonchev–Trinajstić information content (AvgIpc) is 2.51. The zero-order chi connectivity index (χ0) is 15.9. The van der Waals surface area contributed by atoms with E-state index >= 15 is 0 Å². The van der Waals surface area contributed by atoms with E-state index in [-0.39, 0.29) is 0 Å². The summed E-state index contributed by atoms with van der Waals surface area (Å²) in [7, 11) is 0. The Morgan fingerprint density at radius 2 is 2.14 bits per heavy atom. The van der Waals surface area contributed by atoms with Gasteiger partial charge in [-0.25, -0.2) is 4.79 Å². The number of ether oxygens (including phenoxy) is 1. The van der Waals surface area contributed by atoms with Crippen LogP contribution in [0.4, 0.5) is 0 Å². The Bertz CT molecular complexity index is 774. The van der Waals surface area contributed by atoms with Gasteiger partial charge in [0.25, 0.3) is 0 Å². The fourth-order valence-electron chi connectivity index (χ4n) is 3.24. The van der Waals surface area contributed by atoms with Crippen LogP contribution in [0.1, 0.15) is 30.0 Å². The van der Waals surface area contributed by atoms with Crippen LogP contribution in [0.2, 0.25) is 0 Å². The molecule has 2 aromatic carbocycles. The molecule has 114 valence electrons. The third kappa shape index (κ3) is 2.37. The first-order chi connectivity index (χ1) is 10.5. The van der Waals surface area contributed by atoms with Gasteiger partial charge in [-0.2, -0.15) is 0 Å². The lowest BCUT2D eigenvalue weighted by atomic mass is 9.82. The van der Waals surface area contributed by atoms with Crippen molar-refractivity contribution in [1.29, 1.82) is 0 Å². The number of phenolic OH excluding ortho intramolecular Hbond substituents is 1. The molecule has 1 atom stereocenters. The summed E-state index contributed by atoms with van der Waals surface area (Å²) in [5.41, 5.74) is 2.94. The van der Waals surface area contributed by atoms with Crippen molar-refractivity contribution >= 4 is 16.7 Å². The molecule has 1 N–H and O–H groups in total. The molecule has 0 spiro atoms. The minimum atomic E-state index is -0.465. The molecule has 3 rings (SSSR count). The van der Waals surface area contributed by atoms with E-state index in [1.807, 2.05) is 25.1 Å². The summed E-state index contributed by atoms with van der Waals surface area (Å²) in [4.78, 5) is 11.7. The number of carbonyl (C=O) groups excluding carboxylic acids is 1. The monoisotopic (exact) mass is 296 g/mol. The third-order valence-electron chi connectivity index (χ3n) is 4.41. The average molecular weight is 296 g/mol. The molecule has 1 aliphatic rings. The predicted molar refractivity (Wildman–Crippen MR) is 87.4 cm³/mol. The minimum Gasteiger partial charge on any atom is -0.507 e. The Kier molecular flexibility index (Phi) is 3.65. The molecule has 0 aromatic heterocycles. The van der Waals surface area contributed by atoms with Crippen LogP contribution in [0.3, 0.4) is 0 Å². The van der Waals surface area contributed by atoms with E-state index in [1.165, 1.54) is 6.08 Å². The Balaban J connectivity index is 2.32. The van der Waals surface area contributed by atoms with Crippen LogP contribution in [0.5, 0.6) is 11.5 Å². The molecule has 22 heavy (non-hydrogen) atoms. The zero-order valence-corrected chi connectivity index (χ0v) is 13.0. The van der Waals surface area contributed by atoms with Crippen molar-refractivity contribution < 1.29 is 14.6 Å². The highest BCUT2D eigenvalue weighted by Crippen LogP contribution is 2.44. The molecule has 3 nitrogen and oxygen atoms in total. The van der Waals surface area contributed by atoms with Crippen LogP contribution < -0.4 is 4.74 Å². The molecule has 0 radical (unpaired) electrons. The summed E-state index contributed by atoms with van der Waals surface area (Å²) in [5.74, 6) is 0.960. The van der Waals surface area contributed by atoms with Crippen molar-refractivity contribution in [3.63, 3.8) is 0 Å². The SMILES string of the molecule is C=CC(=O)Oc1c2c(c(O)c3cc(C)ccc13)CCC(C)C2. The molecule has 0 amide bonds. The molecule has 0 saturated heterocycles. The van der Waals surface area contributed by atoms with Gasteiger partial charge in [-0.05, 0) is 38.2 Å². The van der Waals surface area contributed by atoms with Gasteiger partial charge in [-0.3, -0.25) is 0 Å². The molecule has 0 bridgehead atoms. The summed E-state index contributed by atoms with van der Waals surface area (Å²) < 4.78 is 5.55. The van der Waals surface area contributed by atoms with E-state index in [0.29, 0.717) is 17.4 Å². The van der Waals surface area contributed by atoms with Gasteiger partial charge in [-0.1, -0.05) is 31.2 Å². The highest BCUT2D eigenvalue weighted by atomic mass is 16.5. The number of aromatic hydroxyl groups is 1. The van der Waals surface area contributed by atoms with E-state index < -0.39 is 5.97 Å². The van der Waals surface area contributed by atoms with Gasteiger partial charge >= 0.3 is 5.97 Å². The number of esters is 1. The van der Waals surface area contributed by atoms with Crippen LogP contribution in [-0.2, 0) is 17.6 Å². The molecule has 3 heteroatoms. The van der Waals surface area contributed by atoms with Crippen molar-refractivity contribution in [3.05, 3.63) is 47.5 Å². The second kappa shape index (κ2) is 5.48. The maximum atomic E-state index is 11.7. The summed E-state index contributed by atoms with van der Waals surface area (Å²) in [5, 5.41) is 12.2. The van der Waals surface area contributed by atoms with Crippen molar-refractivity contribution in [1.82, 2.24) is 0 Å². The molecule has 0 fully saturated rings. The van der Waals surface area contributed by atoms with Gasteiger partial charge in [0, 0.05) is 28.0 Å². The standard InChI is InChI=1S/C19H20O3/c1-4-17(20)22-19-14-8-6-11(2)9-15(14)18(21)13-7-5-12(3)10-16(13)19/h4,6,8-9,12,21H,1,5,7,10H2,2-3H3. The van der Waals surface area contributed by atoms with Crippen LogP contribution in [0.25, 0.3) is 10.8 Å². The van der Waals surface area contributed by atoms with Gasteiger partial charge < -0.3 is 9.84 Å². The van der Waals surface area contributed by atoms with Gasteiger partial charge in [0.1, 0.15) is 11.5 Å². The number of rotatable bonds is 2. The molecule has 0 saturated carbocycles. The Labute approximate surface area is 130 Å². The van der Waals surface area contributed by atoms with Crippen LogP contribution >= 0.6 is 0 Å². The quantitative estimate of drug-likeness (QED) is 0.516.